The lowest BCUT2D eigenvalue weighted by atomic mass is 9.82. The fraction of sp³-hybridized carbons (Fsp3) is 0.265. The van der Waals surface area contributed by atoms with Crippen LogP contribution >= 0.6 is 0 Å². The van der Waals surface area contributed by atoms with Gasteiger partial charge < -0.3 is 0 Å². The highest BCUT2D eigenvalue weighted by Gasteiger charge is 2.20. The molecule has 5 rings (SSSR count). The zero-order valence-corrected chi connectivity index (χ0v) is 22.0. The summed E-state index contributed by atoms with van der Waals surface area (Å²) in [5, 5.41) is 5.15. The van der Waals surface area contributed by atoms with Crippen molar-refractivity contribution >= 4 is 21.5 Å². The molecular formula is C34H35N. The van der Waals surface area contributed by atoms with Crippen molar-refractivity contribution < 1.29 is 0 Å². The minimum absolute atomic E-state index is 0.447. The molecule has 0 N–H and O–H groups in total. The fourth-order valence-electron chi connectivity index (χ4n) is 5.67. The minimum Gasteiger partial charge on any atom is -0.256 e. The van der Waals surface area contributed by atoms with Crippen LogP contribution in [0, 0.1) is 20.8 Å². The summed E-state index contributed by atoms with van der Waals surface area (Å²) in [4.78, 5) is 4.88. The lowest BCUT2D eigenvalue weighted by Gasteiger charge is -2.22. The molecule has 5 aromatic rings. The Kier molecular flexibility index (Phi) is 5.97. The molecule has 0 amide bonds. The van der Waals surface area contributed by atoms with E-state index in [0.29, 0.717) is 11.8 Å². The van der Waals surface area contributed by atoms with Crippen molar-refractivity contribution in [3.8, 4) is 22.4 Å². The van der Waals surface area contributed by atoms with Gasteiger partial charge in [0.1, 0.15) is 0 Å². The molecule has 0 saturated heterocycles. The molecule has 0 aliphatic heterocycles. The molecule has 4 aromatic carbocycles. The van der Waals surface area contributed by atoms with Gasteiger partial charge in [0, 0.05) is 17.1 Å². The van der Waals surface area contributed by atoms with E-state index >= 15 is 0 Å². The Balaban J connectivity index is 1.93. The maximum Gasteiger partial charge on any atom is 0.0780 e. The third-order valence-corrected chi connectivity index (χ3v) is 7.28. The molecular weight excluding hydrogens is 422 g/mol. The minimum atomic E-state index is 0.447. The molecule has 1 heterocycles. The average Bonchev–Trinajstić information content (AvgIpc) is 2.82. The lowest BCUT2D eigenvalue weighted by Crippen LogP contribution is -2.01. The molecule has 0 bridgehead atoms. The van der Waals surface area contributed by atoms with E-state index in [9.17, 15) is 0 Å². The summed E-state index contributed by atoms with van der Waals surface area (Å²) < 4.78 is 0. The van der Waals surface area contributed by atoms with Crippen molar-refractivity contribution in [2.45, 2.75) is 60.3 Å². The van der Waals surface area contributed by atoms with Gasteiger partial charge in [-0.1, -0.05) is 87.4 Å². The van der Waals surface area contributed by atoms with E-state index in [4.69, 9.17) is 4.98 Å². The summed E-state index contributed by atoms with van der Waals surface area (Å²) in [5.41, 5.74) is 11.7. The van der Waals surface area contributed by atoms with Crippen LogP contribution in [-0.4, -0.2) is 4.98 Å². The van der Waals surface area contributed by atoms with Crippen LogP contribution in [-0.2, 0) is 0 Å². The van der Waals surface area contributed by atoms with E-state index < -0.39 is 0 Å². The number of benzene rings is 4. The molecule has 0 radical (unpaired) electrons. The van der Waals surface area contributed by atoms with Gasteiger partial charge in [-0.15, -0.1) is 0 Å². The first-order valence-corrected chi connectivity index (χ1v) is 12.8. The monoisotopic (exact) mass is 457 g/mol. The standard InChI is InChI=1S/C34H35N/c1-20(2)26-9-8-10-27(21(3)4)32(26)31-12-11-24(7)28-13-14-30-29(33(28)31)15-16-35-34(30)25-18-22(5)17-23(6)19-25/h8-21H,1-7H3. The van der Waals surface area contributed by atoms with Crippen molar-refractivity contribution in [1.82, 2.24) is 4.98 Å². The highest BCUT2D eigenvalue weighted by Crippen LogP contribution is 2.43. The Labute approximate surface area is 209 Å². The van der Waals surface area contributed by atoms with Crippen LogP contribution in [0.1, 0.15) is 67.3 Å². The van der Waals surface area contributed by atoms with Crippen molar-refractivity contribution in [2.75, 3.05) is 0 Å². The summed E-state index contributed by atoms with van der Waals surface area (Å²) in [6.45, 7) is 15.8. The Bertz CT molecular complexity index is 1520. The lowest BCUT2D eigenvalue weighted by molar-refractivity contribution is 0.838. The number of aryl methyl sites for hydroxylation is 3. The third-order valence-electron chi connectivity index (χ3n) is 7.28. The molecule has 0 saturated carbocycles. The maximum atomic E-state index is 4.88. The van der Waals surface area contributed by atoms with Crippen LogP contribution in [0.15, 0.2) is 72.9 Å². The topological polar surface area (TPSA) is 12.9 Å². The number of pyridine rings is 1. The van der Waals surface area contributed by atoms with Crippen molar-refractivity contribution in [3.63, 3.8) is 0 Å². The molecule has 1 aromatic heterocycles. The van der Waals surface area contributed by atoms with Gasteiger partial charge in [-0.2, -0.15) is 0 Å². The van der Waals surface area contributed by atoms with E-state index in [1.807, 2.05) is 6.20 Å². The van der Waals surface area contributed by atoms with Crippen LogP contribution in [0.25, 0.3) is 43.9 Å². The molecule has 0 fully saturated rings. The SMILES string of the molecule is Cc1cc(C)cc(-c2nccc3c2ccc2c(C)ccc(-c4c(C(C)C)cccc4C(C)C)c23)c1. The second-order valence-corrected chi connectivity index (χ2v) is 10.7. The van der Waals surface area contributed by atoms with E-state index in [0.717, 1.165) is 5.69 Å². The first-order chi connectivity index (χ1) is 16.8. The molecule has 0 aliphatic carbocycles. The highest BCUT2D eigenvalue weighted by atomic mass is 14.7. The summed E-state index contributed by atoms with van der Waals surface area (Å²) in [7, 11) is 0. The van der Waals surface area contributed by atoms with Gasteiger partial charge in [0.05, 0.1) is 5.69 Å². The van der Waals surface area contributed by atoms with Gasteiger partial charge in [-0.05, 0) is 94.8 Å². The second-order valence-electron chi connectivity index (χ2n) is 10.7. The number of hydrogen-bond acceptors (Lipinski definition) is 1. The van der Waals surface area contributed by atoms with E-state index in [1.54, 1.807) is 0 Å². The first kappa shape index (κ1) is 23.3. The van der Waals surface area contributed by atoms with Crippen molar-refractivity contribution in [1.29, 1.82) is 0 Å². The van der Waals surface area contributed by atoms with Gasteiger partial charge >= 0.3 is 0 Å². The summed E-state index contributed by atoms with van der Waals surface area (Å²) in [6.07, 6.45) is 1.98. The average molecular weight is 458 g/mol. The smallest absolute Gasteiger partial charge is 0.0780 e. The van der Waals surface area contributed by atoms with Crippen LogP contribution in [0.3, 0.4) is 0 Å². The number of rotatable bonds is 4. The zero-order valence-electron chi connectivity index (χ0n) is 22.0. The first-order valence-electron chi connectivity index (χ1n) is 12.8. The third kappa shape index (κ3) is 4.04. The molecule has 0 atom stereocenters. The molecule has 0 unspecified atom stereocenters. The quantitative estimate of drug-likeness (QED) is 0.245. The number of hydrogen-bond donors (Lipinski definition) is 0. The fourth-order valence-corrected chi connectivity index (χ4v) is 5.67. The zero-order chi connectivity index (χ0) is 24.9. The van der Waals surface area contributed by atoms with Crippen LogP contribution in [0.4, 0.5) is 0 Å². The number of nitrogens with zero attached hydrogens (tertiary/aromatic N) is 1. The normalized spacial score (nSPS) is 11.8. The summed E-state index contributed by atoms with van der Waals surface area (Å²) in [6, 6.07) is 25.0. The summed E-state index contributed by atoms with van der Waals surface area (Å²) in [5.74, 6) is 0.894. The van der Waals surface area contributed by atoms with E-state index in [-0.39, 0.29) is 0 Å². The Morgan fingerprint density at radius 1 is 0.629 bits per heavy atom. The van der Waals surface area contributed by atoms with Crippen molar-refractivity contribution in [2.24, 2.45) is 0 Å². The second kappa shape index (κ2) is 8.96. The Hall–Kier alpha value is -3.45. The Morgan fingerprint density at radius 3 is 1.89 bits per heavy atom. The van der Waals surface area contributed by atoms with Gasteiger partial charge in [0.2, 0.25) is 0 Å². The molecule has 1 nitrogen and oxygen atoms in total. The van der Waals surface area contributed by atoms with Crippen molar-refractivity contribution in [3.05, 3.63) is 101 Å². The van der Waals surface area contributed by atoms with Gasteiger partial charge in [-0.25, -0.2) is 0 Å². The molecule has 1 heteroatoms. The predicted molar refractivity (Wildman–Crippen MR) is 153 cm³/mol. The van der Waals surface area contributed by atoms with Crippen LogP contribution in [0.5, 0.6) is 0 Å². The summed E-state index contributed by atoms with van der Waals surface area (Å²) >= 11 is 0. The van der Waals surface area contributed by atoms with Crippen LogP contribution in [0.2, 0.25) is 0 Å². The molecule has 35 heavy (non-hydrogen) atoms. The van der Waals surface area contributed by atoms with E-state index in [2.05, 4.69) is 115 Å². The number of fused-ring (bicyclic) bond motifs is 3. The largest absolute Gasteiger partial charge is 0.256 e. The van der Waals surface area contributed by atoms with Gasteiger partial charge in [0.25, 0.3) is 0 Å². The Morgan fingerprint density at radius 2 is 1.26 bits per heavy atom. The molecule has 0 spiro atoms. The number of aromatic nitrogens is 1. The highest BCUT2D eigenvalue weighted by molar-refractivity contribution is 6.18. The van der Waals surface area contributed by atoms with E-state index in [1.165, 1.54) is 66.1 Å². The molecule has 176 valence electrons. The van der Waals surface area contributed by atoms with Gasteiger partial charge in [-0.3, -0.25) is 4.98 Å². The van der Waals surface area contributed by atoms with Crippen LogP contribution < -0.4 is 0 Å². The molecule has 0 aliphatic rings. The van der Waals surface area contributed by atoms with Gasteiger partial charge in [0.15, 0.2) is 0 Å². The maximum absolute atomic E-state index is 4.88. The predicted octanol–water partition coefficient (Wildman–Crippen LogP) is 9.89.